The lowest BCUT2D eigenvalue weighted by atomic mass is 10.0. The second kappa shape index (κ2) is 5.99. The predicted molar refractivity (Wildman–Crippen MR) is 76.4 cm³/mol. The first-order chi connectivity index (χ1) is 7.75. The Morgan fingerprint density at radius 3 is 2.69 bits per heavy atom. The quantitative estimate of drug-likeness (QED) is 0.897. The summed E-state index contributed by atoms with van der Waals surface area (Å²) in [5.74, 6) is 3.77. The molecule has 0 bridgehead atoms. The zero-order valence-corrected chi connectivity index (χ0v) is 11.3. The largest absolute Gasteiger partial charge is 0.326 e. The van der Waals surface area contributed by atoms with Gasteiger partial charge in [-0.05, 0) is 18.9 Å². The molecule has 1 aromatic rings. The fourth-order valence-electron chi connectivity index (χ4n) is 1.88. The van der Waals surface area contributed by atoms with Crippen LogP contribution in [0.1, 0.15) is 11.1 Å². The lowest BCUT2D eigenvalue weighted by molar-refractivity contribution is 0.664. The van der Waals surface area contributed by atoms with E-state index >= 15 is 0 Å². The van der Waals surface area contributed by atoms with Gasteiger partial charge in [-0.25, -0.2) is 0 Å². The summed E-state index contributed by atoms with van der Waals surface area (Å²) >= 11 is 4.09. The van der Waals surface area contributed by atoms with Gasteiger partial charge in [0.15, 0.2) is 0 Å². The third kappa shape index (κ3) is 3.44. The molecule has 2 N–H and O–H groups in total. The Balaban J connectivity index is 1.90. The summed E-state index contributed by atoms with van der Waals surface area (Å²) in [5.41, 5.74) is 8.97. The number of hydrogen-bond acceptors (Lipinski definition) is 3. The molecule has 1 aromatic carbocycles. The maximum Gasteiger partial charge on any atom is 0.0293 e. The Bertz CT molecular complexity index is 317. The molecule has 0 spiro atoms. The van der Waals surface area contributed by atoms with E-state index in [0.29, 0.717) is 11.3 Å². The van der Waals surface area contributed by atoms with Gasteiger partial charge in [-0.3, -0.25) is 0 Å². The van der Waals surface area contributed by atoms with Gasteiger partial charge in [-0.2, -0.15) is 23.5 Å². The summed E-state index contributed by atoms with van der Waals surface area (Å²) in [6, 6.07) is 9.06. The second-order valence-corrected chi connectivity index (χ2v) is 6.83. The molecular formula is C13H19NS2. The number of nitrogens with two attached hydrogens (primary N) is 1. The van der Waals surface area contributed by atoms with E-state index in [2.05, 4.69) is 31.2 Å². The van der Waals surface area contributed by atoms with Crippen molar-refractivity contribution in [3.63, 3.8) is 0 Å². The van der Waals surface area contributed by atoms with Gasteiger partial charge >= 0.3 is 0 Å². The molecule has 16 heavy (non-hydrogen) atoms. The third-order valence-corrected chi connectivity index (χ3v) is 5.85. The standard InChI is InChI=1S/C13H19NS2/c1-10-2-4-11(5-3-10)8-12(14)13-9-15-6-7-16-13/h2-5,12-13H,6-9,14H2,1H3. The van der Waals surface area contributed by atoms with Gasteiger partial charge in [0.2, 0.25) is 0 Å². The van der Waals surface area contributed by atoms with Crippen LogP contribution in [0, 0.1) is 6.92 Å². The first kappa shape index (κ1) is 12.3. The molecule has 1 saturated heterocycles. The smallest absolute Gasteiger partial charge is 0.0293 e. The van der Waals surface area contributed by atoms with Gasteiger partial charge in [-0.1, -0.05) is 29.8 Å². The van der Waals surface area contributed by atoms with E-state index in [4.69, 9.17) is 5.73 Å². The zero-order valence-electron chi connectivity index (χ0n) is 9.69. The van der Waals surface area contributed by atoms with E-state index in [1.807, 2.05) is 23.5 Å². The number of rotatable bonds is 3. The average molecular weight is 253 g/mol. The molecular weight excluding hydrogens is 234 g/mol. The fraction of sp³-hybridized carbons (Fsp3) is 0.538. The SMILES string of the molecule is Cc1ccc(CC(N)C2CSCCS2)cc1. The minimum absolute atomic E-state index is 0.306. The summed E-state index contributed by atoms with van der Waals surface area (Å²) in [5, 5.41) is 0.639. The molecule has 1 nitrogen and oxygen atoms in total. The molecule has 2 atom stereocenters. The molecule has 2 rings (SSSR count). The minimum Gasteiger partial charge on any atom is -0.326 e. The fourth-order valence-corrected chi connectivity index (χ4v) is 4.70. The zero-order chi connectivity index (χ0) is 11.4. The molecule has 3 heteroatoms. The molecule has 1 aliphatic heterocycles. The lowest BCUT2D eigenvalue weighted by Gasteiger charge is -2.26. The van der Waals surface area contributed by atoms with Gasteiger partial charge < -0.3 is 5.73 Å². The summed E-state index contributed by atoms with van der Waals surface area (Å²) in [6.07, 6.45) is 1.01. The van der Waals surface area contributed by atoms with Gasteiger partial charge in [-0.15, -0.1) is 0 Å². The van der Waals surface area contributed by atoms with E-state index in [0.717, 1.165) is 6.42 Å². The summed E-state index contributed by atoms with van der Waals surface area (Å²) < 4.78 is 0. The van der Waals surface area contributed by atoms with E-state index in [1.54, 1.807) is 0 Å². The van der Waals surface area contributed by atoms with Crippen LogP contribution in [0.25, 0.3) is 0 Å². The summed E-state index contributed by atoms with van der Waals surface area (Å²) in [4.78, 5) is 0. The number of aryl methyl sites for hydroxylation is 1. The van der Waals surface area contributed by atoms with E-state index in [1.165, 1.54) is 28.4 Å². The molecule has 1 heterocycles. The van der Waals surface area contributed by atoms with E-state index in [9.17, 15) is 0 Å². The van der Waals surface area contributed by atoms with Crippen LogP contribution in [0.15, 0.2) is 24.3 Å². The molecule has 0 aliphatic carbocycles. The number of thioether (sulfide) groups is 2. The minimum atomic E-state index is 0.306. The highest BCUT2D eigenvalue weighted by Gasteiger charge is 2.21. The second-order valence-electron chi connectivity index (χ2n) is 4.34. The lowest BCUT2D eigenvalue weighted by Crippen LogP contribution is -2.38. The predicted octanol–water partition coefficient (Wildman–Crippen LogP) is 2.71. The molecule has 0 amide bonds. The highest BCUT2D eigenvalue weighted by atomic mass is 32.2. The van der Waals surface area contributed by atoms with Crippen LogP contribution < -0.4 is 5.73 Å². The Labute approximate surface area is 107 Å². The Kier molecular flexibility index (Phi) is 4.62. The van der Waals surface area contributed by atoms with Gasteiger partial charge in [0.05, 0.1) is 0 Å². The third-order valence-electron chi connectivity index (χ3n) is 2.91. The van der Waals surface area contributed by atoms with Crippen LogP contribution in [0.3, 0.4) is 0 Å². The van der Waals surface area contributed by atoms with Crippen molar-refractivity contribution >= 4 is 23.5 Å². The molecule has 88 valence electrons. The molecule has 1 fully saturated rings. The van der Waals surface area contributed by atoms with Crippen molar-refractivity contribution in [1.82, 2.24) is 0 Å². The van der Waals surface area contributed by atoms with Crippen molar-refractivity contribution in [1.29, 1.82) is 0 Å². The van der Waals surface area contributed by atoms with Gasteiger partial charge in [0.1, 0.15) is 0 Å². The maximum atomic E-state index is 6.28. The van der Waals surface area contributed by atoms with Gasteiger partial charge in [0, 0.05) is 28.6 Å². The number of hydrogen-bond donors (Lipinski definition) is 1. The molecule has 0 radical (unpaired) electrons. The van der Waals surface area contributed by atoms with Crippen molar-refractivity contribution in [2.24, 2.45) is 5.73 Å². The van der Waals surface area contributed by atoms with Crippen molar-refractivity contribution in [3.8, 4) is 0 Å². The van der Waals surface area contributed by atoms with Crippen LogP contribution in [0.2, 0.25) is 0 Å². The molecule has 1 aliphatic rings. The van der Waals surface area contributed by atoms with E-state index in [-0.39, 0.29) is 0 Å². The number of benzene rings is 1. The van der Waals surface area contributed by atoms with Crippen molar-refractivity contribution < 1.29 is 0 Å². The van der Waals surface area contributed by atoms with Crippen LogP contribution in [0.5, 0.6) is 0 Å². The van der Waals surface area contributed by atoms with Crippen LogP contribution in [-0.4, -0.2) is 28.6 Å². The van der Waals surface area contributed by atoms with Crippen LogP contribution in [0.4, 0.5) is 0 Å². The Morgan fingerprint density at radius 1 is 1.31 bits per heavy atom. The summed E-state index contributed by atoms with van der Waals surface area (Å²) in [7, 11) is 0. The van der Waals surface area contributed by atoms with Crippen molar-refractivity contribution in [3.05, 3.63) is 35.4 Å². The van der Waals surface area contributed by atoms with E-state index < -0.39 is 0 Å². The Hall–Kier alpha value is -0.120. The summed E-state index contributed by atoms with van der Waals surface area (Å²) in [6.45, 7) is 2.12. The first-order valence-corrected chi connectivity index (χ1v) is 7.96. The monoisotopic (exact) mass is 253 g/mol. The highest BCUT2D eigenvalue weighted by Crippen LogP contribution is 2.26. The van der Waals surface area contributed by atoms with Crippen LogP contribution >= 0.6 is 23.5 Å². The van der Waals surface area contributed by atoms with Crippen molar-refractivity contribution in [2.45, 2.75) is 24.6 Å². The van der Waals surface area contributed by atoms with Gasteiger partial charge in [0.25, 0.3) is 0 Å². The van der Waals surface area contributed by atoms with Crippen LogP contribution in [-0.2, 0) is 6.42 Å². The average Bonchev–Trinajstić information content (AvgIpc) is 2.33. The molecule has 0 saturated carbocycles. The highest BCUT2D eigenvalue weighted by molar-refractivity contribution is 8.06. The Morgan fingerprint density at radius 2 is 2.06 bits per heavy atom. The topological polar surface area (TPSA) is 26.0 Å². The first-order valence-electron chi connectivity index (χ1n) is 5.76. The molecule has 0 aromatic heterocycles. The van der Waals surface area contributed by atoms with Crippen molar-refractivity contribution in [2.75, 3.05) is 17.3 Å². The molecule has 2 unspecified atom stereocenters. The normalized spacial score (nSPS) is 23.0. The maximum absolute atomic E-state index is 6.28.